The normalized spacial score (nSPS) is 52.2. The number of aliphatic hydroxyl groups is 5. The molecule has 78 valence electrons. The lowest BCUT2D eigenvalue weighted by atomic mass is 9.99. The smallest absolute Gasteiger partial charge is 0.276 e. The first-order valence-corrected chi connectivity index (χ1v) is 4.02. The zero-order valence-electron chi connectivity index (χ0n) is 6.54. The molecule has 1 fully saturated rings. The second-order valence-electron chi connectivity index (χ2n) is 2.87. The van der Waals surface area contributed by atoms with Crippen LogP contribution in [0.2, 0.25) is 0 Å². The summed E-state index contributed by atoms with van der Waals surface area (Å²) in [5.74, 6) is 0. The average Bonchev–Trinajstić information content (AvgIpc) is 2.08. The molecule has 0 spiro atoms. The van der Waals surface area contributed by atoms with Gasteiger partial charge in [0.1, 0.15) is 18.3 Å². The Balaban J connectivity index is 2.79. The minimum atomic E-state index is -2.48. The molecule has 0 aromatic rings. The van der Waals surface area contributed by atoms with E-state index in [4.69, 9.17) is 32.0 Å². The lowest BCUT2D eigenvalue weighted by molar-refractivity contribution is -0.309. The molecule has 0 aromatic heterocycles. The molecule has 0 radical (unpaired) electrons. The second-order valence-corrected chi connectivity index (χ2v) is 3.42. The molecule has 13 heavy (non-hydrogen) atoms. The van der Waals surface area contributed by atoms with Gasteiger partial charge in [-0.25, -0.2) is 0 Å². The van der Waals surface area contributed by atoms with Gasteiger partial charge in [-0.2, -0.15) is 0 Å². The van der Waals surface area contributed by atoms with Gasteiger partial charge in [-0.15, -0.1) is 0 Å². The second kappa shape index (κ2) is 3.66. The largest absolute Gasteiger partial charge is 0.394 e. The Labute approximate surface area is 78.9 Å². The van der Waals surface area contributed by atoms with Crippen LogP contribution >= 0.6 is 11.6 Å². The summed E-state index contributed by atoms with van der Waals surface area (Å²) in [7, 11) is 0. The van der Waals surface area contributed by atoms with E-state index in [1.54, 1.807) is 0 Å². The minimum Gasteiger partial charge on any atom is -0.394 e. The average molecular weight is 215 g/mol. The van der Waals surface area contributed by atoms with E-state index in [2.05, 4.69) is 4.74 Å². The Bertz CT molecular complexity index is 184. The van der Waals surface area contributed by atoms with Crippen molar-refractivity contribution in [3.05, 3.63) is 0 Å². The van der Waals surface area contributed by atoms with Gasteiger partial charge in [-0.1, -0.05) is 11.6 Å². The van der Waals surface area contributed by atoms with Crippen molar-refractivity contribution >= 4 is 11.6 Å². The molecule has 1 aliphatic rings. The van der Waals surface area contributed by atoms with Crippen LogP contribution < -0.4 is 0 Å². The number of halogens is 1. The zero-order valence-corrected chi connectivity index (χ0v) is 7.29. The molecule has 5 N–H and O–H groups in total. The molecule has 1 saturated heterocycles. The van der Waals surface area contributed by atoms with Crippen molar-refractivity contribution in [1.29, 1.82) is 0 Å². The van der Waals surface area contributed by atoms with Crippen molar-refractivity contribution in [3.8, 4) is 0 Å². The monoisotopic (exact) mass is 214 g/mol. The van der Waals surface area contributed by atoms with Gasteiger partial charge in [0.25, 0.3) is 5.25 Å². The van der Waals surface area contributed by atoms with Crippen LogP contribution in [0.25, 0.3) is 0 Å². The Morgan fingerprint density at radius 1 is 1.23 bits per heavy atom. The maximum Gasteiger partial charge on any atom is 0.276 e. The van der Waals surface area contributed by atoms with Gasteiger partial charge in [0.2, 0.25) is 0 Å². The van der Waals surface area contributed by atoms with E-state index in [1.807, 2.05) is 0 Å². The summed E-state index contributed by atoms with van der Waals surface area (Å²) in [6.07, 6.45) is -6.19. The van der Waals surface area contributed by atoms with Gasteiger partial charge in [-0.05, 0) is 0 Å². The highest BCUT2D eigenvalue weighted by Crippen LogP contribution is 2.30. The molecule has 6 nitrogen and oxygen atoms in total. The van der Waals surface area contributed by atoms with Gasteiger partial charge in [-0.3, -0.25) is 0 Å². The molecule has 7 heteroatoms. The van der Waals surface area contributed by atoms with Gasteiger partial charge >= 0.3 is 0 Å². The highest BCUT2D eigenvalue weighted by molar-refractivity contribution is 6.22. The number of aliphatic hydroxyl groups excluding tert-OH is 4. The number of alkyl halides is 1. The zero-order chi connectivity index (χ0) is 10.2. The number of hydrogen-bond donors (Lipinski definition) is 5. The van der Waals surface area contributed by atoms with E-state index in [1.165, 1.54) is 0 Å². The quantitative estimate of drug-likeness (QED) is 0.305. The SMILES string of the molecule is OC[C@H]1O[C@](O)(Cl)[C@H](O)[C@@H](O)[C@@H]1O. The lowest BCUT2D eigenvalue weighted by Gasteiger charge is -2.41. The van der Waals surface area contributed by atoms with Crippen molar-refractivity contribution in [2.45, 2.75) is 29.7 Å². The third kappa shape index (κ3) is 1.94. The molecule has 0 bridgehead atoms. The van der Waals surface area contributed by atoms with Crippen LogP contribution in [0.5, 0.6) is 0 Å². The van der Waals surface area contributed by atoms with E-state index in [9.17, 15) is 5.11 Å². The van der Waals surface area contributed by atoms with Crippen LogP contribution in [0.1, 0.15) is 0 Å². The molecular formula is C6H11ClO6. The molecule has 0 unspecified atom stereocenters. The van der Waals surface area contributed by atoms with Crippen molar-refractivity contribution in [1.82, 2.24) is 0 Å². The molecule has 5 atom stereocenters. The third-order valence-electron chi connectivity index (χ3n) is 1.92. The van der Waals surface area contributed by atoms with E-state index < -0.39 is 36.3 Å². The summed E-state index contributed by atoms with van der Waals surface area (Å²) in [4.78, 5) is 0. The maximum absolute atomic E-state index is 9.18. The molecule has 1 heterocycles. The van der Waals surface area contributed by atoms with Crippen molar-refractivity contribution in [2.75, 3.05) is 6.61 Å². The first-order chi connectivity index (χ1) is 5.90. The predicted molar refractivity (Wildman–Crippen MR) is 40.8 cm³/mol. The number of ether oxygens (including phenoxy) is 1. The van der Waals surface area contributed by atoms with E-state index in [0.29, 0.717) is 0 Å². The lowest BCUT2D eigenvalue weighted by Crippen LogP contribution is -2.62. The third-order valence-corrected chi connectivity index (χ3v) is 2.23. The van der Waals surface area contributed by atoms with E-state index in [0.717, 1.165) is 0 Å². The molecule has 1 rings (SSSR count). The fourth-order valence-corrected chi connectivity index (χ4v) is 1.36. The number of rotatable bonds is 1. The van der Waals surface area contributed by atoms with Crippen molar-refractivity contribution < 1.29 is 30.3 Å². The maximum atomic E-state index is 9.18. The Morgan fingerprint density at radius 3 is 2.23 bits per heavy atom. The van der Waals surface area contributed by atoms with Crippen LogP contribution in [-0.2, 0) is 4.74 Å². The Hall–Kier alpha value is 0.0500. The summed E-state index contributed by atoms with van der Waals surface area (Å²) in [5.41, 5.74) is 0. The first kappa shape index (κ1) is 11.1. The van der Waals surface area contributed by atoms with Gasteiger partial charge < -0.3 is 30.3 Å². The molecule has 0 aliphatic carbocycles. The van der Waals surface area contributed by atoms with E-state index >= 15 is 0 Å². The minimum absolute atomic E-state index is 0.625. The summed E-state index contributed by atoms with van der Waals surface area (Å²) in [5, 5.41) is 42.7. The fraction of sp³-hybridized carbons (Fsp3) is 1.00. The van der Waals surface area contributed by atoms with Gasteiger partial charge in [0.15, 0.2) is 6.10 Å². The molecule has 0 aromatic carbocycles. The van der Waals surface area contributed by atoms with Gasteiger partial charge in [0, 0.05) is 0 Å². The summed E-state index contributed by atoms with van der Waals surface area (Å²) in [6, 6.07) is 0. The van der Waals surface area contributed by atoms with Gasteiger partial charge in [0.05, 0.1) is 6.61 Å². The van der Waals surface area contributed by atoms with Crippen LogP contribution in [0.4, 0.5) is 0 Å². The summed E-state index contributed by atoms with van der Waals surface area (Å²) < 4.78 is 4.53. The Morgan fingerprint density at radius 2 is 1.77 bits per heavy atom. The van der Waals surface area contributed by atoms with Crippen molar-refractivity contribution in [2.24, 2.45) is 0 Å². The van der Waals surface area contributed by atoms with Crippen LogP contribution in [-0.4, -0.2) is 61.8 Å². The first-order valence-electron chi connectivity index (χ1n) is 3.64. The van der Waals surface area contributed by atoms with Crippen LogP contribution in [0.3, 0.4) is 0 Å². The number of hydrogen-bond acceptors (Lipinski definition) is 6. The molecule has 0 saturated carbocycles. The van der Waals surface area contributed by atoms with Crippen LogP contribution in [0.15, 0.2) is 0 Å². The van der Waals surface area contributed by atoms with Crippen molar-refractivity contribution in [3.63, 3.8) is 0 Å². The topological polar surface area (TPSA) is 110 Å². The molecule has 1 aliphatic heterocycles. The molecular weight excluding hydrogens is 204 g/mol. The van der Waals surface area contributed by atoms with Crippen LogP contribution in [0, 0.1) is 0 Å². The molecule has 0 amide bonds. The summed E-state index contributed by atoms with van der Waals surface area (Å²) in [6.45, 7) is -0.625. The highest BCUT2D eigenvalue weighted by atomic mass is 35.5. The highest BCUT2D eigenvalue weighted by Gasteiger charge is 2.51. The summed E-state index contributed by atoms with van der Waals surface area (Å²) >= 11 is 5.26. The predicted octanol–water partition coefficient (Wildman–Crippen LogP) is -2.65. The Kier molecular flexibility index (Phi) is 3.13. The van der Waals surface area contributed by atoms with E-state index in [-0.39, 0.29) is 0 Å². The standard InChI is InChI=1S/C6H11ClO6/c7-6(12)5(11)4(10)3(9)2(1-8)13-6/h2-5,8-12H,1H2/t2-,3-,4+,5-,6+/m1/s1. The fourth-order valence-electron chi connectivity index (χ4n) is 1.11.